The monoisotopic (exact) mass is 357 g/mol. The average molecular weight is 358 g/mol. The molecule has 0 amide bonds. The van der Waals surface area contributed by atoms with Crippen LogP contribution in [0.3, 0.4) is 0 Å². The zero-order valence-electron chi connectivity index (χ0n) is 15.1. The minimum Gasteiger partial charge on any atom is -0.355 e. The van der Waals surface area contributed by atoms with Gasteiger partial charge in [0.1, 0.15) is 5.82 Å². The fourth-order valence-corrected chi connectivity index (χ4v) is 4.24. The van der Waals surface area contributed by atoms with Gasteiger partial charge in [-0.1, -0.05) is 6.07 Å². The van der Waals surface area contributed by atoms with Crippen molar-refractivity contribution in [3.63, 3.8) is 0 Å². The van der Waals surface area contributed by atoms with E-state index in [4.69, 9.17) is 11.6 Å². The molecule has 1 aliphatic rings. The van der Waals surface area contributed by atoms with E-state index in [2.05, 4.69) is 27.9 Å². The molecule has 2 heterocycles. The lowest BCUT2D eigenvalue weighted by molar-refractivity contribution is 0.108. The molecule has 0 atom stereocenters. The van der Waals surface area contributed by atoms with Gasteiger partial charge in [0.05, 0.1) is 6.20 Å². The highest BCUT2D eigenvalue weighted by Gasteiger charge is 2.23. The lowest BCUT2D eigenvalue weighted by Gasteiger charge is -2.33. The molecule has 1 aromatic heterocycles. The number of carbonyl (C=O) groups excluding carboxylic acids is 1. The van der Waals surface area contributed by atoms with E-state index in [-0.39, 0.29) is 5.24 Å². The van der Waals surface area contributed by atoms with Gasteiger partial charge < -0.3 is 4.90 Å². The number of hydrogen-bond acceptors (Lipinski definition) is 4. The number of hydrogen-bond donors (Lipinski definition) is 0. The fourth-order valence-electron chi connectivity index (χ4n) is 3.95. The predicted molar refractivity (Wildman–Crippen MR) is 102 cm³/mol. The Morgan fingerprint density at radius 2 is 1.92 bits per heavy atom. The molecule has 0 aliphatic carbocycles. The van der Waals surface area contributed by atoms with Crippen LogP contribution in [0.5, 0.6) is 0 Å². The van der Waals surface area contributed by atoms with E-state index >= 15 is 0 Å². The fraction of sp³-hybridized carbons (Fsp3) is 0.450. The molecule has 25 heavy (non-hydrogen) atoms. The maximum atomic E-state index is 11.8. The number of rotatable bonds is 4. The van der Waals surface area contributed by atoms with E-state index in [9.17, 15) is 4.79 Å². The van der Waals surface area contributed by atoms with Crippen LogP contribution in [0, 0.1) is 26.7 Å². The van der Waals surface area contributed by atoms with Crippen molar-refractivity contribution in [2.24, 2.45) is 5.92 Å². The summed E-state index contributed by atoms with van der Waals surface area (Å²) in [6.07, 6.45) is 8.51. The van der Waals surface area contributed by atoms with Crippen molar-refractivity contribution in [3.8, 4) is 0 Å². The number of aromatic nitrogens is 2. The Morgan fingerprint density at radius 3 is 2.52 bits per heavy atom. The third kappa shape index (κ3) is 3.84. The summed E-state index contributed by atoms with van der Waals surface area (Å²) >= 11 is 5.81. The Hall–Kier alpha value is -1.94. The minimum absolute atomic E-state index is 0.353. The highest BCUT2D eigenvalue weighted by molar-refractivity contribution is 6.68. The van der Waals surface area contributed by atoms with Gasteiger partial charge in [0.25, 0.3) is 5.24 Å². The molecule has 4 nitrogen and oxygen atoms in total. The van der Waals surface area contributed by atoms with E-state index in [1.165, 1.54) is 11.1 Å². The van der Waals surface area contributed by atoms with E-state index in [0.29, 0.717) is 11.5 Å². The van der Waals surface area contributed by atoms with Crippen molar-refractivity contribution >= 4 is 22.7 Å². The Labute approximate surface area is 154 Å². The lowest BCUT2D eigenvalue weighted by atomic mass is 9.84. The van der Waals surface area contributed by atoms with Gasteiger partial charge in [0, 0.05) is 31.0 Å². The zero-order chi connectivity index (χ0) is 18.0. The van der Waals surface area contributed by atoms with E-state index in [1.54, 1.807) is 12.4 Å². The van der Waals surface area contributed by atoms with Gasteiger partial charge in [0.15, 0.2) is 0 Å². The number of benzene rings is 1. The van der Waals surface area contributed by atoms with Gasteiger partial charge in [-0.15, -0.1) is 0 Å². The maximum Gasteiger partial charge on any atom is 0.252 e. The van der Waals surface area contributed by atoms with Crippen molar-refractivity contribution in [1.82, 2.24) is 9.97 Å². The standard InChI is InChI=1S/C20H24ClN3O/c1-13-10-14(2)19(20(21)25)15(3)17(13)11-16-4-8-24(9-5-16)18-12-22-6-7-23-18/h6-7,10,12,16H,4-5,8-9,11H2,1-3H3. The minimum atomic E-state index is -0.353. The molecule has 3 rings (SSSR count). The van der Waals surface area contributed by atoms with Crippen LogP contribution in [0.15, 0.2) is 24.7 Å². The largest absolute Gasteiger partial charge is 0.355 e. The second kappa shape index (κ2) is 7.52. The number of carbonyl (C=O) groups is 1. The summed E-state index contributed by atoms with van der Waals surface area (Å²) in [5.74, 6) is 1.57. The van der Waals surface area contributed by atoms with Crippen LogP contribution in [0.25, 0.3) is 0 Å². The Kier molecular flexibility index (Phi) is 5.38. The van der Waals surface area contributed by atoms with Crippen LogP contribution in [0.2, 0.25) is 0 Å². The molecule has 1 aromatic carbocycles. The molecule has 1 saturated heterocycles. The van der Waals surface area contributed by atoms with Gasteiger partial charge in [-0.25, -0.2) is 4.98 Å². The van der Waals surface area contributed by atoms with Crippen LogP contribution < -0.4 is 4.90 Å². The number of anilines is 1. The second-order valence-electron chi connectivity index (χ2n) is 6.96. The molecule has 132 valence electrons. The summed E-state index contributed by atoms with van der Waals surface area (Å²) < 4.78 is 0. The molecule has 0 bridgehead atoms. The van der Waals surface area contributed by atoms with Crippen molar-refractivity contribution in [1.29, 1.82) is 0 Å². The normalized spacial score (nSPS) is 15.4. The first-order chi connectivity index (χ1) is 12.0. The summed E-state index contributed by atoms with van der Waals surface area (Å²) in [6.45, 7) is 8.11. The summed E-state index contributed by atoms with van der Waals surface area (Å²) in [6, 6.07) is 2.09. The van der Waals surface area contributed by atoms with Crippen LogP contribution in [-0.4, -0.2) is 28.3 Å². The van der Waals surface area contributed by atoms with Crippen LogP contribution >= 0.6 is 11.6 Å². The van der Waals surface area contributed by atoms with Gasteiger partial charge in [-0.05, 0) is 79.8 Å². The Balaban J connectivity index is 1.72. The quantitative estimate of drug-likeness (QED) is 0.768. The third-order valence-corrected chi connectivity index (χ3v) is 5.50. The Morgan fingerprint density at radius 1 is 1.20 bits per heavy atom. The van der Waals surface area contributed by atoms with Crippen molar-refractivity contribution in [2.75, 3.05) is 18.0 Å². The van der Waals surface area contributed by atoms with Crippen LogP contribution in [0.4, 0.5) is 5.82 Å². The third-order valence-electron chi connectivity index (χ3n) is 5.31. The molecule has 0 spiro atoms. The van der Waals surface area contributed by atoms with Crippen molar-refractivity contribution in [3.05, 3.63) is 52.5 Å². The topological polar surface area (TPSA) is 46.1 Å². The summed E-state index contributed by atoms with van der Waals surface area (Å²) in [4.78, 5) is 22.6. The number of nitrogens with zero attached hydrogens (tertiary/aromatic N) is 3. The van der Waals surface area contributed by atoms with Crippen LogP contribution in [-0.2, 0) is 6.42 Å². The van der Waals surface area contributed by atoms with E-state index < -0.39 is 0 Å². The first-order valence-electron chi connectivity index (χ1n) is 8.78. The highest BCUT2D eigenvalue weighted by atomic mass is 35.5. The lowest BCUT2D eigenvalue weighted by Crippen LogP contribution is -2.35. The molecule has 0 radical (unpaired) electrons. The average Bonchev–Trinajstić information content (AvgIpc) is 2.59. The number of halogens is 1. The molecule has 0 N–H and O–H groups in total. The van der Waals surface area contributed by atoms with Crippen molar-refractivity contribution in [2.45, 2.75) is 40.0 Å². The molecule has 0 unspecified atom stereocenters. The first-order valence-corrected chi connectivity index (χ1v) is 9.15. The van der Waals surface area contributed by atoms with Crippen LogP contribution in [0.1, 0.15) is 45.5 Å². The molecule has 2 aromatic rings. The molecule has 0 saturated carbocycles. The first kappa shape index (κ1) is 17.9. The summed E-state index contributed by atoms with van der Waals surface area (Å²) in [5.41, 5.74) is 5.24. The molecular formula is C20H24ClN3O. The van der Waals surface area contributed by atoms with Crippen molar-refractivity contribution < 1.29 is 4.79 Å². The van der Waals surface area contributed by atoms with E-state index in [0.717, 1.165) is 49.3 Å². The molecule has 5 heteroatoms. The van der Waals surface area contributed by atoms with Gasteiger partial charge in [-0.3, -0.25) is 9.78 Å². The number of piperidine rings is 1. The SMILES string of the molecule is Cc1cc(C)c(C(=O)Cl)c(C)c1CC1CCN(c2cnccn2)CC1. The van der Waals surface area contributed by atoms with Gasteiger partial charge >= 0.3 is 0 Å². The maximum absolute atomic E-state index is 11.8. The molecule has 1 fully saturated rings. The zero-order valence-corrected chi connectivity index (χ0v) is 15.8. The van der Waals surface area contributed by atoms with Gasteiger partial charge in [0.2, 0.25) is 0 Å². The smallest absolute Gasteiger partial charge is 0.252 e. The summed E-state index contributed by atoms with van der Waals surface area (Å²) in [7, 11) is 0. The predicted octanol–water partition coefficient (Wildman–Crippen LogP) is 4.24. The Bertz CT molecular complexity index is 768. The molecule has 1 aliphatic heterocycles. The second-order valence-corrected chi connectivity index (χ2v) is 7.30. The summed E-state index contributed by atoms with van der Waals surface area (Å²) in [5, 5.41) is -0.353. The highest BCUT2D eigenvalue weighted by Crippen LogP contribution is 2.30. The van der Waals surface area contributed by atoms with E-state index in [1.807, 2.05) is 20.0 Å². The number of aryl methyl sites for hydroxylation is 2. The van der Waals surface area contributed by atoms with Gasteiger partial charge in [-0.2, -0.15) is 0 Å². The molecular weight excluding hydrogens is 334 g/mol.